The summed E-state index contributed by atoms with van der Waals surface area (Å²) in [6.07, 6.45) is 3.68. The van der Waals surface area contributed by atoms with Gasteiger partial charge in [0.2, 0.25) is 0 Å². The number of nitro groups is 2. The number of nitrogens with zero attached hydrogens (tertiary/aromatic N) is 4. The van der Waals surface area contributed by atoms with E-state index in [0.29, 0.717) is 11.3 Å². The van der Waals surface area contributed by atoms with Gasteiger partial charge >= 0.3 is 5.69 Å². The molecule has 0 atom stereocenters. The van der Waals surface area contributed by atoms with E-state index in [1.165, 1.54) is 18.3 Å². The van der Waals surface area contributed by atoms with Crippen molar-refractivity contribution in [1.29, 1.82) is 0 Å². The molecule has 1 heterocycles. The Bertz CT molecular complexity index is 1120. The molecule has 0 bridgehead atoms. The van der Waals surface area contributed by atoms with Crippen LogP contribution in [0.4, 0.5) is 22.7 Å². The van der Waals surface area contributed by atoms with Gasteiger partial charge in [-0.25, -0.2) is 0 Å². The Morgan fingerprint density at radius 3 is 2.48 bits per heavy atom. The lowest BCUT2D eigenvalue weighted by Gasteiger charge is -2.40. The van der Waals surface area contributed by atoms with Gasteiger partial charge in [-0.2, -0.15) is 5.10 Å². The molecule has 1 aliphatic rings. The number of hydrogen-bond acceptors (Lipinski definition) is 8. The van der Waals surface area contributed by atoms with Crippen LogP contribution >= 0.6 is 0 Å². The predicted molar refractivity (Wildman–Crippen MR) is 120 cm³/mol. The minimum absolute atomic E-state index is 0.0429. The number of ether oxygens (including phenoxy) is 1. The highest BCUT2D eigenvalue weighted by atomic mass is 16.6. The summed E-state index contributed by atoms with van der Waals surface area (Å²) in [5, 5.41) is 26.2. The molecule has 0 spiro atoms. The van der Waals surface area contributed by atoms with Crippen LogP contribution in [0.2, 0.25) is 0 Å². The first kappa shape index (κ1) is 21.8. The number of likely N-dealkylation sites (N-methyl/N-ethyl adjacent to an activating group) is 1. The van der Waals surface area contributed by atoms with Crippen LogP contribution < -0.4 is 15.1 Å². The van der Waals surface area contributed by atoms with Crippen molar-refractivity contribution in [3.8, 4) is 5.75 Å². The number of anilines is 2. The first-order valence-electron chi connectivity index (χ1n) is 9.42. The second-order valence-electron chi connectivity index (χ2n) is 7.74. The molecule has 162 valence electrons. The van der Waals surface area contributed by atoms with E-state index in [1.54, 1.807) is 7.11 Å². The van der Waals surface area contributed by atoms with E-state index >= 15 is 0 Å². The van der Waals surface area contributed by atoms with E-state index in [-0.39, 0.29) is 16.9 Å². The normalized spacial score (nSPS) is 14.7. The lowest BCUT2D eigenvalue weighted by molar-refractivity contribution is -0.393. The van der Waals surface area contributed by atoms with Gasteiger partial charge < -0.3 is 9.64 Å². The largest absolute Gasteiger partial charge is 0.496 e. The number of methoxy groups -OCH3 is 1. The monoisotopic (exact) mass is 425 g/mol. The number of hydrazone groups is 1. The van der Waals surface area contributed by atoms with Crippen LogP contribution in [0, 0.1) is 20.2 Å². The Kier molecular flexibility index (Phi) is 5.65. The zero-order chi connectivity index (χ0) is 22.9. The Morgan fingerprint density at radius 1 is 1.16 bits per heavy atom. The van der Waals surface area contributed by atoms with Crippen molar-refractivity contribution < 1.29 is 14.6 Å². The van der Waals surface area contributed by atoms with Gasteiger partial charge in [0.1, 0.15) is 11.4 Å². The predicted octanol–water partition coefficient (Wildman–Crippen LogP) is 4.59. The molecule has 0 radical (unpaired) electrons. The molecule has 10 heteroatoms. The molecule has 0 aliphatic carbocycles. The van der Waals surface area contributed by atoms with Gasteiger partial charge in [-0.3, -0.25) is 25.7 Å². The number of non-ortho nitro benzene ring substituents is 1. The van der Waals surface area contributed by atoms with Crippen molar-refractivity contribution in [2.75, 3.05) is 24.5 Å². The van der Waals surface area contributed by atoms with Crippen LogP contribution in [0.1, 0.15) is 31.9 Å². The number of fused-ring (bicyclic) bond motifs is 1. The molecule has 10 nitrogen and oxygen atoms in total. The maximum Gasteiger partial charge on any atom is 0.301 e. The third-order valence-corrected chi connectivity index (χ3v) is 5.35. The molecule has 1 aliphatic heterocycles. The van der Waals surface area contributed by atoms with Crippen LogP contribution in [-0.4, -0.2) is 35.8 Å². The van der Waals surface area contributed by atoms with Crippen molar-refractivity contribution in [3.63, 3.8) is 0 Å². The molecule has 0 amide bonds. The lowest BCUT2D eigenvalue weighted by atomic mass is 9.88. The van der Waals surface area contributed by atoms with Crippen LogP contribution in [-0.2, 0) is 0 Å². The van der Waals surface area contributed by atoms with Crippen LogP contribution in [0.15, 0.2) is 41.5 Å². The fourth-order valence-corrected chi connectivity index (χ4v) is 3.52. The highest BCUT2D eigenvalue weighted by Gasteiger charge is 2.29. The Morgan fingerprint density at radius 2 is 1.87 bits per heavy atom. The molecule has 0 saturated heterocycles. The highest BCUT2D eigenvalue weighted by Crippen LogP contribution is 2.41. The third kappa shape index (κ3) is 4.18. The molecule has 0 fully saturated rings. The highest BCUT2D eigenvalue weighted by molar-refractivity contribution is 5.91. The van der Waals surface area contributed by atoms with Crippen LogP contribution in [0.5, 0.6) is 5.75 Å². The summed E-state index contributed by atoms with van der Waals surface area (Å²) in [6, 6.07) is 7.20. The molecular formula is C21H23N5O5. The SMILES string of the molecule is COc1cc2c(cc1/C=N\Nc1ccc([N+](=O)[O-])cc1[N+](=O)[O-])C(C)=CC(C)(C)N2C. The first-order valence-corrected chi connectivity index (χ1v) is 9.42. The quantitative estimate of drug-likeness (QED) is 0.408. The Hall–Kier alpha value is -3.95. The zero-order valence-corrected chi connectivity index (χ0v) is 17.9. The molecule has 0 saturated carbocycles. The summed E-state index contributed by atoms with van der Waals surface area (Å²) in [6.45, 7) is 6.30. The average Bonchev–Trinajstić information content (AvgIpc) is 2.71. The molecular weight excluding hydrogens is 402 g/mol. The maximum absolute atomic E-state index is 11.3. The van der Waals surface area contributed by atoms with Gasteiger partial charge in [0, 0.05) is 36.0 Å². The summed E-state index contributed by atoms with van der Waals surface area (Å²) in [7, 11) is 3.58. The van der Waals surface area contributed by atoms with Crippen molar-refractivity contribution in [1.82, 2.24) is 0 Å². The summed E-state index contributed by atoms with van der Waals surface area (Å²) < 4.78 is 5.52. The lowest BCUT2D eigenvalue weighted by Crippen LogP contribution is -2.42. The topological polar surface area (TPSA) is 123 Å². The minimum atomic E-state index is -0.698. The third-order valence-electron chi connectivity index (χ3n) is 5.35. The van der Waals surface area contributed by atoms with Gasteiger partial charge in [-0.05, 0) is 38.5 Å². The molecule has 2 aromatic carbocycles. The molecule has 0 unspecified atom stereocenters. The summed E-state index contributed by atoms with van der Waals surface area (Å²) >= 11 is 0. The Balaban J connectivity index is 1.95. The van der Waals surface area contributed by atoms with Crippen molar-refractivity contribution in [2.45, 2.75) is 26.3 Å². The van der Waals surface area contributed by atoms with E-state index in [4.69, 9.17) is 4.74 Å². The second kappa shape index (κ2) is 8.05. The average molecular weight is 425 g/mol. The molecule has 3 rings (SSSR count). The summed E-state index contributed by atoms with van der Waals surface area (Å²) in [5.41, 5.74) is 5.55. The number of allylic oxidation sites excluding steroid dienone is 1. The summed E-state index contributed by atoms with van der Waals surface area (Å²) in [4.78, 5) is 22.9. The maximum atomic E-state index is 11.3. The summed E-state index contributed by atoms with van der Waals surface area (Å²) in [5.74, 6) is 0.597. The standard InChI is InChI=1S/C21H23N5O5/c1-13-11-21(2,3)24(4)18-10-20(31-5)14(8-16(13)18)12-22-23-17-7-6-15(25(27)28)9-19(17)26(29)30/h6-12,23H,1-5H3/b22-12-. The van der Waals surface area contributed by atoms with Crippen molar-refractivity contribution >= 4 is 34.5 Å². The first-order chi connectivity index (χ1) is 14.5. The van der Waals surface area contributed by atoms with Crippen molar-refractivity contribution in [3.05, 3.63) is 67.8 Å². The molecule has 2 aromatic rings. The zero-order valence-electron chi connectivity index (χ0n) is 17.9. The fourth-order valence-electron chi connectivity index (χ4n) is 3.52. The number of hydrogen-bond donors (Lipinski definition) is 1. The van der Waals surface area contributed by atoms with E-state index in [9.17, 15) is 20.2 Å². The molecule has 1 N–H and O–H groups in total. The van der Waals surface area contributed by atoms with Gasteiger partial charge in [0.05, 0.1) is 34.8 Å². The van der Waals surface area contributed by atoms with Gasteiger partial charge in [-0.1, -0.05) is 6.08 Å². The van der Waals surface area contributed by atoms with Gasteiger partial charge in [0.15, 0.2) is 0 Å². The van der Waals surface area contributed by atoms with E-state index in [2.05, 4.69) is 35.4 Å². The van der Waals surface area contributed by atoms with E-state index in [1.807, 2.05) is 26.1 Å². The molecule has 0 aromatic heterocycles. The Labute approximate surface area is 179 Å². The van der Waals surface area contributed by atoms with Crippen LogP contribution in [0.3, 0.4) is 0 Å². The number of nitrogens with one attached hydrogen (secondary N) is 1. The van der Waals surface area contributed by atoms with Gasteiger partial charge in [0.25, 0.3) is 5.69 Å². The fraction of sp³-hybridized carbons (Fsp3) is 0.286. The van der Waals surface area contributed by atoms with Crippen LogP contribution in [0.25, 0.3) is 5.57 Å². The minimum Gasteiger partial charge on any atom is -0.496 e. The van der Waals surface area contributed by atoms with E-state index in [0.717, 1.165) is 22.9 Å². The number of benzene rings is 2. The smallest absolute Gasteiger partial charge is 0.301 e. The second-order valence-corrected chi connectivity index (χ2v) is 7.74. The van der Waals surface area contributed by atoms with Gasteiger partial charge in [-0.15, -0.1) is 0 Å². The number of nitro benzene ring substituents is 2. The van der Waals surface area contributed by atoms with E-state index < -0.39 is 15.5 Å². The van der Waals surface area contributed by atoms with Crippen molar-refractivity contribution in [2.24, 2.45) is 5.10 Å². The number of rotatable bonds is 6. The molecule has 31 heavy (non-hydrogen) atoms.